The van der Waals surface area contributed by atoms with Crippen molar-refractivity contribution in [1.82, 2.24) is 15.5 Å². The van der Waals surface area contributed by atoms with Gasteiger partial charge < -0.3 is 14.5 Å². The van der Waals surface area contributed by atoms with Crippen LogP contribution in [0.25, 0.3) is 0 Å². The maximum Gasteiger partial charge on any atom is 0.309 e. The Morgan fingerprint density at radius 3 is 2.42 bits per heavy atom. The molecule has 2 aromatic rings. The maximum atomic E-state index is 13.2. The van der Waals surface area contributed by atoms with Gasteiger partial charge in [-0.3, -0.25) is 4.79 Å². The lowest BCUT2D eigenvalue weighted by atomic mass is 9.93. The number of carbonyl (C=O) groups is 1. The van der Waals surface area contributed by atoms with Crippen molar-refractivity contribution in [3.8, 4) is 5.75 Å². The average molecular weight is 337 g/mol. The van der Waals surface area contributed by atoms with Crippen molar-refractivity contribution < 1.29 is 22.7 Å². The predicted molar refractivity (Wildman–Crippen MR) is 79.5 cm³/mol. The molecule has 3 rings (SSSR count). The van der Waals surface area contributed by atoms with Gasteiger partial charge in [-0.25, -0.2) is 8.78 Å². The summed E-state index contributed by atoms with van der Waals surface area (Å²) in [5, 5.41) is 10.1. The number of aromatic nitrogens is 2. The van der Waals surface area contributed by atoms with Gasteiger partial charge in [-0.15, -0.1) is 10.2 Å². The molecule has 0 saturated heterocycles. The van der Waals surface area contributed by atoms with E-state index < -0.39 is 17.5 Å². The van der Waals surface area contributed by atoms with Crippen LogP contribution in [0.15, 0.2) is 22.6 Å². The van der Waals surface area contributed by atoms with E-state index in [1.54, 1.807) is 6.92 Å². The molecule has 1 heterocycles. The van der Waals surface area contributed by atoms with Gasteiger partial charge in [0, 0.05) is 31.2 Å². The van der Waals surface area contributed by atoms with E-state index in [1.165, 1.54) is 0 Å². The van der Waals surface area contributed by atoms with Gasteiger partial charge in [-0.1, -0.05) is 0 Å². The minimum atomic E-state index is -0.666. The Morgan fingerprint density at radius 1 is 1.17 bits per heavy atom. The summed E-state index contributed by atoms with van der Waals surface area (Å²) in [6.07, 6.45) is 2.60. The van der Waals surface area contributed by atoms with E-state index in [0.717, 1.165) is 18.2 Å². The minimum absolute atomic E-state index is 0.0196. The van der Waals surface area contributed by atoms with Gasteiger partial charge in [0.2, 0.25) is 5.89 Å². The molecule has 0 unspecified atom stereocenters. The Hall–Kier alpha value is -2.51. The highest BCUT2D eigenvalue weighted by molar-refractivity contribution is 5.89. The standard InChI is InChI=1S/C16H17F2N3O3/c1-9-20-21-16(23-9)15(22)19-12-2-4-13(5-3-12)24-14-7-10(17)6-11(18)8-14/h6-8,12-13H,2-5H2,1H3,(H,19,22). The van der Waals surface area contributed by atoms with Gasteiger partial charge in [0.05, 0.1) is 6.10 Å². The molecule has 0 radical (unpaired) electrons. The number of hydrogen-bond acceptors (Lipinski definition) is 5. The molecule has 1 saturated carbocycles. The molecule has 6 nitrogen and oxygen atoms in total. The van der Waals surface area contributed by atoms with Crippen molar-refractivity contribution in [2.75, 3.05) is 0 Å². The topological polar surface area (TPSA) is 77.2 Å². The molecule has 8 heteroatoms. The van der Waals surface area contributed by atoms with Crippen molar-refractivity contribution in [2.24, 2.45) is 0 Å². The van der Waals surface area contributed by atoms with Crippen molar-refractivity contribution in [1.29, 1.82) is 0 Å². The van der Waals surface area contributed by atoms with Crippen LogP contribution >= 0.6 is 0 Å². The van der Waals surface area contributed by atoms with Crippen LogP contribution in [0.3, 0.4) is 0 Å². The molecule has 128 valence electrons. The van der Waals surface area contributed by atoms with Crippen molar-refractivity contribution in [3.05, 3.63) is 41.6 Å². The fourth-order valence-electron chi connectivity index (χ4n) is 2.75. The van der Waals surface area contributed by atoms with Crippen LogP contribution in [0.2, 0.25) is 0 Å². The van der Waals surface area contributed by atoms with Gasteiger partial charge >= 0.3 is 11.8 Å². The molecule has 1 fully saturated rings. The van der Waals surface area contributed by atoms with E-state index in [9.17, 15) is 13.6 Å². The highest BCUT2D eigenvalue weighted by atomic mass is 19.1. The molecule has 0 atom stereocenters. The van der Waals surface area contributed by atoms with Crippen LogP contribution in [0.4, 0.5) is 8.78 Å². The van der Waals surface area contributed by atoms with Crippen LogP contribution in [0, 0.1) is 18.6 Å². The zero-order valence-corrected chi connectivity index (χ0v) is 13.1. The van der Waals surface area contributed by atoms with Gasteiger partial charge in [0.1, 0.15) is 17.4 Å². The molecule has 24 heavy (non-hydrogen) atoms. The van der Waals surface area contributed by atoms with E-state index in [0.29, 0.717) is 31.6 Å². The number of nitrogens with zero attached hydrogens (tertiary/aromatic N) is 2. The number of nitrogens with one attached hydrogen (secondary N) is 1. The van der Waals surface area contributed by atoms with Crippen LogP contribution in [-0.4, -0.2) is 28.3 Å². The van der Waals surface area contributed by atoms with Gasteiger partial charge in [-0.2, -0.15) is 0 Å². The zero-order valence-electron chi connectivity index (χ0n) is 13.1. The fourth-order valence-corrected chi connectivity index (χ4v) is 2.75. The molecular formula is C16H17F2N3O3. The molecule has 1 aliphatic carbocycles. The summed E-state index contributed by atoms with van der Waals surface area (Å²) in [5.41, 5.74) is 0. The summed E-state index contributed by atoms with van der Waals surface area (Å²) >= 11 is 0. The quantitative estimate of drug-likeness (QED) is 0.928. The summed E-state index contributed by atoms with van der Waals surface area (Å²) < 4.78 is 37.0. The largest absolute Gasteiger partial charge is 0.490 e. The molecule has 1 N–H and O–H groups in total. The first-order chi connectivity index (χ1) is 11.5. The lowest BCUT2D eigenvalue weighted by Crippen LogP contribution is -2.39. The highest BCUT2D eigenvalue weighted by Crippen LogP contribution is 2.25. The Balaban J connectivity index is 1.49. The number of aryl methyl sites for hydroxylation is 1. The Labute approximate surface area is 137 Å². The summed E-state index contributed by atoms with van der Waals surface area (Å²) in [6.45, 7) is 1.61. The first-order valence-electron chi connectivity index (χ1n) is 7.73. The van der Waals surface area contributed by atoms with E-state index in [2.05, 4.69) is 15.5 Å². The molecule has 1 aromatic heterocycles. The molecule has 0 spiro atoms. The monoisotopic (exact) mass is 337 g/mol. The van der Waals surface area contributed by atoms with Crippen molar-refractivity contribution >= 4 is 5.91 Å². The fraction of sp³-hybridized carbons (Fsp3) is 0.438. The number of hydrogen-bond donors (Lipinski definition) is 1. The molecule has 1 aliphatic rings. The second-order valence-corrected chi connectivity index (χ2v) is 5.80. The van der Waals surface area contributed by atoms with Gasteiger partial charge in [0.25, 0.3) is 0 Å². The Bertz CT molecular complexity index is 707. The molecular weight excluding hydrogens is 320 g/mol. The zero-order chi connectivity index (χ0) is 17.1. The summed E-state index contributed by atoms with van der Waals surface area (Å²) in [7, 11) is 0. The van der Waals surface area contributed by atoms with E-state index in [4.69, 9.17) is 9.15 Å². The number of rotatable bonds is 4. The lowest BCUT2D eigenvalue weighted by molar-refractivity contribution is 0.0858. The number of ether oxygens (including phenoxy) is 1. The second kappa shape index (κ2) is 6.94. The third-order valence-electron chi connectivity index (χ3n) is 3.87. The Morgan fingerprint density at radius 2 is 1.83 bits per heavy atom. The summed E-state index contributed by atoms with van der Waals surface area (Å²) in [5.74, 6) is -1.27. The van der Waals surface area contributed by atoms with Gasteiger partial charge in [-0.05, 0) is 25.7 Å². The van der Waals surface area contributed by atoms with Crippen LogP contribution in [-0.2, 0) is 0 Å². The van der Waals surface area contributed by atoms with E-state index in [1.807, 2.05) is 0 Å². The second-order valence-electron chi connectivity index (χ2n) is 5.80. The molecule has 1 amide bonds. The molecule has 0 aliphatic heterocycles. The van der Waals surface area contributed by atoms with Crippen molar-refractivity contribution in [2.45, 2.75) is 44.8 Å². The first kappa shape index (κ1) is 16.4. The lowest BCUT2D eigenvalue weighted by Gasteiger charge is -2.29. The average Bonchev–Trinajstić information content (AvgIpc) is 2.95. The molecule has 1 aromatic carbocycles. The number of halogens is 2. The summed E-state index contributed by atoms with van der Waals surface area (Å²) in [6, 6.07) is 3.11. The summed E-state index contributed by atoms with van der Waals surface area (Å²) in [4.78, 5) is 12.0. The van der Waals surface area contributed by atoms with E-state index in [-0.39, 0.29) is 23.8 Å². The molecule has 0 bridgehead atoms. The third-order valence-corrected chi connectivity index (χ3v) is 3.87. The first-order valence-corrected chi connectivity index (χ1v) is 7.73. The maximum absolute atomic E-state index is 13.2. The van der Waals surface area contributed by atoms with Crippen LogP contribution in [0.5, 0.6) is 5.75 Å². The third kappa shape index (κ3) is 4.06. The minimum Gasteiger partial charge on any atom is -0.490 e. The Kier molecular flexibility index (Phi) is 4.73. The van der Waals surface area contributed by atoms with Crippen LogP contribution in [0.1, 0.15) is 42.3 Å². The smallest absolute Gasteiger partial charge is 0.309 e. The van der Waals surface area contributed by atoms with Crippen molar-refractivity contribution in [3.63, 3.8) is 0 Å². The number of benzene rings is 1. The van der Waals surface area contributed by atoms with Crippen LogP contribution < -0.4 is 10.1 Å². The SMILES string of the molecule is Cc1nnc(C(=O)NC2CCC(Oc3cc(F)cc(F)c3)CC2)o1. The predicted octanol–water partition coefficient (Wildman–Crippen LogP) is 2.78. The van der Waals surface area contributed by atoms with E-state index >= 15 is 0 Å². The number of carbonyl (C=O) groups excluding carboxylic acids is 1. The number of amides is 1. The normalized spacial score (nSPS) is 20.6. The van der Waals surface area contributed by atoms with Gasteiger partial charge in [0.15, 0.2) is 0 Å². The highest BCUT2D eigenvalue weighted by Gasteiger charge is 2.25.